The molecule has 1 aliphatic heterocycles. The number of hydrogen-bond donors (Lipinski definition) is 3. The molecule has 1 fully saturated rings. The number of carbonyl (C=O) groups excluding carboxylic acids is 2. The summed E-state index contributed by atoms with van der Waals surface area (Å²) in [7, 11) is 0. The predicted molar refractivity (Wildman–Crippen MR) is 122 cm³/mol. The number of ketones is 1. The number of nitrogens with one attached hydrogen (secondary N) is 3. The number of aromatic nitrogens is 2. The molecule has 1 saturated heterocycles. The minimum Gasteiger partial charge on any atom is -0.356 e. The van der Waals surface area contributed by atoms with Gasteiger partial charge in [0.1, 0.15) is 11.7 Å². The van der Waals surface area contributed by atoms with Gasteiger partial charge in [-0.3, -0.25) is 9.59 Å². The SMILES string of the molecule is CCc1c(-c2csc(N3CCNC[C@@H]3C(=O)NCC(C)(C)C)n2)[nH]c(C)c1C(C)=O. The van der Waals surface area contributed by atoms with Crippen molar-refractivity contribution in [2.24, 2.45) is 5.41 Å². The minimum absolute atomic E-state index is 0.0257. The molecule has 3 heterocycles. The lowest BCUT2D eigenvalue weighted by molar-refractivity contribution is -0.123. The molecule has 3 rings (SSSR count). The van der Waals surface area contributed by atoms with Gasteiger partial charge >= 0.3 is 0 Å². The van der Waals surface area contributed by atoms with Gasteiger partial charge in [-0.25, -0.2) is 4.98 Å². The zero-order chi connectivity index (χ0) is 22.1. The molecule has 8 heteroatoms. The second-order valence-electron chi connectivity index (χ2n) is 9.10. The summed E-state index contributed by atoms with van der Waals surface area (Å²) in [4.78, 5) is 35.3. The Bertz CT molecular complexity index is 925. The summed E-state index contributed by atoms with van der Waals surface area (Å²) in [5, 5.41) is 9.25. The lowest BCUT2D eigenvalue weighted by Crippen LogP contribution is -2.58. The molecular formula is C22H33N5O2S. The number of thiazole rings is 1. The summed E-state index contributed by atoms with van der Waals surface area (Å²) in [5.41, 5.74) is 4.43. The second-order valence-corrected chi connectivity index (χ2v) is 9.93. The Morgan fingerprint density at radius 2 is 2.10 bits per heavy atom. The van der Waals surface area contributed by atoms with Crippen molar-refractivity contribution in [3.8, 4) is 11.4 Å². The van der Waals surface area contributed by atoms with Gasteiger partial charge in [-0.1, -0.05) is 27.7 Å². The molecule has 0 unspecified atom stereocenters. The van der Waals surface area contributed by atoms with Gasteiger partial charge in [-0.05, 0) is 31.2 Å². The van der Waals surface area contributed by atoms with E-state index in [2.05, 4.69) is 48.2 Å². The van der Waals surface area contributed by atoms with Gasteiger partial charge in [-0.15, -0.1) is 11.3 Å². The average molecular weight is 432 g/mol. The highest BCUT2D eigenvalue weighted by Crippen LogP contribution is 2.33. The molecule has 0 radical (unpaired) electrons. The first-order valence-corrected chi connectivity index (χ1v) is 11.4. The monoisotopic (exact) mass is 431 g/mol. The molecular weight excluding hydrogens is 398 g/mol. The van der Waals surface area contributed by atoms with Crippen LogP contribution in [0.2, 0.25) is 0 Å². The van der Waals surface area contributed by atoms with Crippen molar-refractivity contribution in [2.75, 3.05) is 31.1 Å². The number of aryl methyl sites for hydroxylation is 1. The standard InChI is InChI=1S/C22H33N5O2S/c1-7-15-18(14(3)28)13(2)25-19(15)16-11-30-21(26-16)27-9-8-23-10-17(27)20(29)24-12-22(4,5)6/h11,17,23,25H,7-10,12H2,1-6H3,(H,24,29)/t17-/m1/s1. The van der Waals surface area contributed by atoms with Crippen LogP contribution in [0.4, 0.5) is 5.13 Å². The first kappa shape index (κ1) is 22.5. The molecule has 0 bridgehead atoms. The highest BCUT2D eigenvalue weighted by molar-refractivity contribution is 7.14. The fourth-order valence-electron chi connectivity index (χ4n) is 3.87. The normalized spacial score (nSPS) is 17.3. The van der Waals surface area contributed by atoms with Gasteiger partial charge in [0, 0.05) is 42.8 Å². The van der Waals surface area contributed by atoms with Crippen LogP contribution in [0.5, 0.6) is 0 Å². The van der Waals surface area contributed by atoms with E-state index in [1.54, 1.807) is 18.3 Å². The summed E-state index contributed by atoms with van der Waals surface area (Å²) in [6, 6.07) is -0.288. The first-order chi connectivity index (χ1) is 14.1. The van der Waals surface area contributed by atoms with Crippen LogP contribution in [0.3, 0.4) is 0 Å². The van der Waals surface area contributed by atoms with Crippen molar-refractivity contribution < 1.29 is 9.59 Å². The quantitative estimate of drug-likeness (QED) is 0.612. The van der Waals surface area contributed by atoms with E-state index >= 15 is 0 Å². The van der Waals surface area contributed by atoms with E-state index in [9.17, 15) is 9.59 Å². The van der Waals surface area contributed by atoms with E-state index in [-0.39, 0.29) is 23.1 Å². The van der Waals surface area contributed by atoms with E-state index < -0.39 is 0 Å². The van der Waals surface area contributed by atoms with Crippen molar-refractivity contribution in [2.45, 2.75) is 54.0 Å². The van der Waals surface area contributed by atoms with Gasteiger partial charge < -0.3 is 20.5 Å². The van der Waals surface area contributed by atoms with Gasteiger partial charge in [0.05, 0.1) is 5.69 Å². The van der Waals surface area contributed by atoms with Crippen molar-refractivity contribution in [1.29, 1.82) is 0 Å². The zero-order valence-electron chi connectivity index (χ0n) is 18.8. The third-order valence-electron chi connectivity index (χ3n) is 5.33. The third kappa shape index (κ3) is 4.75. The maximum absolute atomic E-state index is 12.9. The molecule has 3 N–H and O–H groups in total. The zero-order valence-corrected chi connectivity index (χ0v) is 19.6. The molecule has 0 saturated carbocycles. The van der Waals surface area contributed by atoms with Crippen LogP contribution in [0.25, 0.3) is 11.4 Å². The van der Waals surface area contributed by atoms with Crippen LogP contribution < -0.4 is 15.5 Å². The number of aromatic amines is 1. The predicted octanol–water partition coefficient (Wildman–Crippen LogP) is 3.15. The maximum Gasteiger partial charge on any atom is 0.244 e. The molecule has 1 aliphatic rings. The Kier molecular flexibility index (Phi) is 6.67. The van der Waals surface area contributed by atoms with E-state index in [1.807, 2.05) is 12.3 Å². The number of carbonyl (C=O) groups is 2. The van der Waals surface area contributed by atoms with Crippen molar-refractivity contribution in [3.63, 3.8) is 0 Å². The Morgan fingerprint density at radius 3 is 2.73 bits per heavy atom. The van der Waals surface area contributed by atoms with E-state index in [0.29, 0.717) is 13.1 Å². The van der Waals surface area contributed by atoms with Crippen molar-refractivity contribution in [1.82, 2.24) is 20.6 Å². The van der Waals surface area contributed by atoms with Gasteiger partial charge in [0.25, 0.3) is 0 Å². The van der Waals surface area contributed by atoms with Crippen LogP contribution in [0, 0.1) is 12.3 Å². The summed E-state index contributed by atoms with van der Waals surface area (Å²) in [6.45, 7) is 14.7. The molecule has 2 aromatic heterocycles. The summed E-state index contributed by atoms with van der Waals surface area (Å²) < 4.78 is 0. The summed E-state index contributed by atoms with van der Waals surface area (Å²) in [6.07, 6.45) is 0.757. The molecule has 164 valence electrons. The number of rotatable bonds is 6. The number of anilines is 1. The highest BCUT2D eigenvalue weighted by atomic mass is 32.1. The Hall–Kier alpha value is -2.19. The fourth-order valence-corrected chi connectivity index (χ4v) is 4.77. The van der Waals surface area contributed by atoms with E-state index in [4.69, 9.17) is 4.98 Å². The number of amides is 1. The first-order valence-electron chi connectivity index (χ1n) is 10.6. The van der Waals surface area contributed by atoms with Crippen molar-refractivity contribution in [3.05, 3.63) is 22.2 Å². The van der Waals surface area contributed by atoms with Gasteiger partial charge in [0.2, 0.25) is 5.91 Å². The van der Waals surface area contributed by atoms with E-state index in [0.717, 1.165) is 52.9 Å². The van der Waals surface area contributed by atoms with Crippen LogP contribution in [-0.4, -0.2) is 53.9 Å². The summed E-state index contributed by atoms with van der Waals surface area (Å²) >= 11 is 1.54. The lowest BCUT2D eigenvalue weighted by Gasteiger charge is -2.35. The fraction of sp³-hybridized carbons (Fsp3) is 0.591. The number of hydrogen-bond acceptors (Lipinski definition) is 6. The Balaban J connectivity index is 1.86. The smallest absolute Gasteiger partial charge is 0.244 e. The molecule has 1 amide bonds. The molecule has 1 atom stereocenters. The number of H-pyrrole nitrogens is 1. The van der Waals surface area contributed by atoms with Crippen LogP contribution in [0.1, 0.15) is 56.2 Å². The minimum atomic E-state index is -0.288. The molecule has 0 spiro atoms. The molecule has 7 nitrogen and oxygen atoms in total. The van der Waals surface area contributed by atoms with Crippen molar-refractivity contribution >= 4 is 28.2 Å². The molecule has 0 aromatic carbocycles. The third-order valence-corrected chi connectivity index (χ3v) is 6.21. The number of Topliss-reactive ketones (excluding diaryl/α,β-unsaturated/α-hetero) is 1. The average Bonchev–Trinajstić information content (AvgIpc) is 3.29. The number of piperazine rings is 1. The largest absolute Gasteiger partial charge is 0.356 e. The second kappa shape index (κ2) is 8.89. The summed E-state index contributed by atoms with van der Waals surface area (Å²) in [5.74, 6) is 0.0951. The molecule has 2 aromatic rings. The lowest BCUT2D eigenvalue weighted by atomic mass is 9.97. The Labute approximate surface area is 182 Å². The van der Waals surface area contributed by atoms with Crippen LogP contribution in [0.15, 0.2) is 5.38 Å². The van der Waals surface area contributed by atoms with Gasteiger partial charge in [-0.2, -0.15) is 0 Å². The van der Waals surface area contributed by atoms with Gasteiger partial charge in [0.15, 0.2) is 10.9 Å². The van der Waals surface area contributed by atoms with Crippen LogP contribution >= 0.6 is 11.3 Å². The highest BCUT2D eigenvalue weighted by Gasteiger charge is 2.31. The number of nitrogens with zero attached hydrogens (tertiary/aromatic N) is 2. The molecule has 30 heavy (non-hydrogen) atoms. The molecule has 0 aliphatic carbocycles. The topological polar surface area (TPSA) is 90.1 Å². The van der Waals surface area contributed by atoms with Crippen LogP contribution in [-0.2, 0) is 11.2 Å². The Morgan fingerprint density at radius 1 is 1.37 bits per heavy atom. The van der Waals surface area contributed by atoms with E-state index in [1.165, 1.54) is 0 Å². The maximum atomic E-state index is 12.9.